The average Bonchev–Trinajstić information content (AvgIpc) is 2.69. The third-order valence-corrected chi connectivity index (χ3v) is 5.54. The SMILES string of the molecule is CCCCCCCCSc1ccccc1N/C(C)=C/C(=O)c1ccccc1. The molecule has 0 heterocycles. The summed E-state index contributed by atoms with van der Waals surface area (Å²) in [7, 11) is 0. The minimum Gasteiger partial charge on any atom is -0.358 e. The fraction of sp³-hybridized carbons (Fsp3) is 0.375. The van der Waals surface area contributed by atoms with Crippen LogP contribution >= 0.6 is 11.8 Å². The number of hydrogen-bond acceptors (Lipinski definition) is 3. The van der Waals surface area contributed by atoms with E-state index in [1.165, 1.54) is 43.4 Å². The van der Waals surface area contributed by atoms with Crippen molar-refractivity contribution >= 4 is 23.2 Å². The lowest BCUT2D eigenvalue weighted by atomic mass is 10.1. The van der Waals surface area contributed by atoms with E-state index in [1.807, 2.05) is 55.1 Å². The first kappa shape index (κ1) is 21.3. The molecule has 0 atom stereocenters. The zero-order chi connectivity index (χ0) is 19.3. The third kappa shape index (κ3) is 8.04. The summed E-state index contributed by atoms with van der Waals surface area (Å²) in [5, 5.41) is 3.40. The van der Waals surface area contributed by atoms with Gasteiger partial charge in [0.05, 0.1) is 5.69 Å². The van der Waals surface area contributed by atoms with Crippen molar-refractivity contribution in [3.05, 3.63) is 71.9 Å². The zero-order valence-corrected chi connectivity index (χ0v) is 17.4. The highest BCUT2D eigenvalue weighted by Crippen LogP contribution is 2.29. The van der Waals surface area contributed by atoms with Crippen molar-refractivity contribution in [3.63, 3.8) is 0 Å². The molecular formula is C24H31NOS. The maximum absolute atomic E-state index is 12.3. The van der Waals surface area contributed by atoms with Crippen LogP contribution in [-0.2, 0) is 0 Å². The molecule has 0 saturated carbocycles. The molecule has 2 aromatic rings. The summed E-state index contributed by atoms with van der Waals surface area (Å²) in [6.45, 7) is 4.19. The van der Waals surface area contributed by atoms with E-state index in [9.17, 15) is 4.79 Å². The topological polar surface area (TPSA) is 29.1 Å². The quantitative estimate of drug-likeness (QED) is 0.180. The number of nitrogens with one attached hydrogen (secondary N) is 1. The third-order valence-electron chi connectivity index (χ3n) is 4.38. The van der Waals surface area contributed by atoms with Gasteiger partial charge in [0.1, 0.15) is 0 Å². The van der Waals surface area contributed by atoms with Gasteiger partial charge in [-0.1, -0.05) is 81.5 Å². The van der Waals surface area contributed by atoms with Gasteiger partial charge in [-0.3, -0.25) is 4.79 Å². The van der Waals surface area contributed by atoms with Crippen molar-refractivity contribution in [2.24, 2.45) is 0 Å². The number of anilines is 1. The molecule has 0 saturated heterocycles. The van der Waals surface area contributed by atoms with Crippen molar-refractivity contribution in [2.45, 2.75) is 57.3 Å². The number of allylic oxidation sites excluding steroid dienone is 2. The lowest BCUT2D eigenvalue weighted by molar-refractivity contribution is 0.104. The lowest BCUT2D eigenvalue weighted by Gasteiger charge is -2.12. The fourth-order valence-corrected chi connectivity index (χ4v) is 3.91. The van der Waals surface area contributed by atoms with Gasteiger partial charge in [-0.25, -0.2) is 0 Å². The summed E-state index contributed by atoms with van der Waals surface area (Å²) in [6, 6.07) is 17.7. The molecule has 0 unspecified atom stereocenters. The highest BCUT2D eigenvalue weighted by Gasteiger charge is 2.05. The van der Waals surface area contributed by atoms with Gasteiger partial charge in [0, 0.05) is 22.2 Å². The maximum Gasteiger partial charge on any atom is 0.187 e. The number of carbonyl (C=O) groups excluding carboxylic acids is 1. The molecule has 144 valence electrons. The van der Waals surface area contributed by atoms with Gasteiger partial charge >= 0.3 is 0 Å². The van der Waals surface area contributed by atoms with Crippen molar-refractivity contribution in [1.82, 2.24) is 0 Å². The highest BCUT2D eigenvalue weighted by atomic mass is 32.2. The number of hydrogen-bond donors (Lipinski definition) is 1. The van der Waals surface area contributed by atoms with E-state index in [1.54, 1.807) is 6.08 Å². The Labute approximate surface area is 168 Å². The Morgan fingerprint density at radius 1 is 0.926 bits per heavy atom. The fourth-order valence-electron chi connectivity index (χ4n) is 2.89. The second-order valence-corrected chi connectivity index (χ2v) is 7.93. The van der Waals surface area contributed by atoms with Gasteiger partial charge in [0.25, 0.3) is 0 Å². The van der Waals surface area contributed by atoms with E-state index in [0.29, 0.717) is 5.56 Å². The minimum absolute atomic E-state index is 0.0258. The number of ketones is 1. The van der Waals surface area contributed by atoms with Crippen LogP contribution in [0.5, 0.6) is 0 Å². The van der Waals surface area contributed by atoms with Crippen molar-refractivity contribution in [2.75, 3.05) is 11.1 Å². The number of benzene rings is 2. The van der Waals surface area contributed by atoms with E-state index in [4.69, 9.17) is 0 Å². The molecule has 0 spiro atoms. The monoisotopic (exact) mass is 381 g/mol. The molecule has 2 nitrogen and oxygen atoms in total. The molecule has 0 radical (unpaired) electrons. The van der Waals surface area contributed by atoms with E-state index >= 15 is 0 Å². The van der Waals surface area contributed by atoms with Gasteiger partial charge in [0.15, 0.2) is 5.78 Å². The summed E-state index contributed by atoms with van der Waals surface area (Å²) < 4.78 is 0. The predicted octanol–water partition coefficient (Wildman–Crippen LogP) is 7.34. The van der Waals surface area contributed by atoms with Crippen molar-refractivity contribution in [1.29, 1.82) is 0 Å². The molecular weight excluding hydrogens is 350 g/mol. The normalized spacial score (nSPS) is 11.4. The van der Waals surface area contributed by atoms with Gasteiger partial charge in [0.2, 0.25) is 0 Å². The Hall–Kier alpha value is -2.00. The van der Waals surface area contributed by atoms with Crippen molar-refractivity contribution < 1.29 is 4.79 Å². The molecule has 0 aliphatic rings. The largest absolute Gasteiger partial charge is 0.358 e. The molecule has 1 N–H and O–H groups in total. The van der Waals surface area contributed by atoms with Gasteiger partial charge in [-0.2, -0.15) is 0 Å². The van der Waals surface area contributed by atoms with Crippen LogP contribution in [0.15, 0.2) is 71.3 Å². The summed E-state index contributed by atoms with van der Waals surface area (Å²) in [5.74, 6) is 1.16. The van der Waals surface area contributed by atoms with Gasteiger partial charge < -0.3 is 5.32 Å². The Balaban J connectivity index is 1.87. The predicted molar refractivity (Wildman–Crippen MR) is 119 cm³/mol. The van der Waals surface area contributed by atoms with Gasteiger partial charge in [-0.05, 0) is 31.2 Å². The number of para-hydroxylation sites is 1. The number of rotatable bonds is 12. The summed E-state index contributed by atoms with van der Waals surface area (Å²) >= 11 is 1.89. The molecule has 0 aliphatic heterocycles. The minimum atomic E-state index is 0.0258. The van der Waals surface area contributed by atoms with Crippen LogP contribution in [0.25, 0.3) is 0 Å². The molecule has 0 aromatic heterocycles. The Morgan fingerprint density at radius 2 is 1.59 bits per heavy atom. The average molecular weight is 382 g/mol. The van der Waals surface area contributed by atoms with Crippen LogP contribution in [0.4, 0.5) is 5.69 Å². The lowest BCUT2D eigenvalue weighted by Crippen LogP contribution is -2.02. The van der Waals surface area contributed by atoms with Crippen LogP contribution in [0.1, 0.15) is 62.7 Å². The summed E-state index contributed by atoms with van der Waals surface area (Å²) in [4.78, 5) is 13.6. The van der Waals surface area contributed by atoms with E-state index in [-0.39, 0.29) is 5.78 Å². The van der Waals surface area contributed by atoms with Crippen LogP contribution < -0.4 is 5.32 Å². The van der Waals surface area contributed by atoms with E-state index in [0.717, 1.165) is 17.1 Å². The summed E-state index contributed by atoms with van der Waals surface area (Å²) in [5.41, 5.74) is 2.64. The molecule has 2 rings (SSSR count). The molecule has 0 amide bonds. The standard InChI is InChI=1S/C24H31NOS/c1-3-4-5-6-7-13-18-27-24-17-12-11-16-22(24)25-20(2)19-23(26)21-14-9-8-10-15-21/h8-12,14-17,19,25H,3-7,13,18H2,1-2H3/b20-19+. The summed E-state index contributed by atoms with van der Waals surface area (Å²) in [6.07, 6.45) is 9.60. The molecule has 2 aromatic carbocycles. The number of carbonyl (C=O) groups is 1. The molecule has 0 fully saturated rings. The maximum atomic E-state index is 12.3. The first-order chi connectivity index (χ1) is 13.2. The van der Waals surface area contributed by atoms with Crippen molar-refractivity contribution in [3.8, 4) is 0 Å². The zero-order valence-electron chi connectivity index (χ0n) is 16.5. The molecule has 0 bridgehead atoms. The van der Waals surface area contributed by atoms with Crippen LogP contribution in [-0.4, -0.2) is 11.5 Å². The first-order valence-electron chi connectivity index (χ1n) is 9.97. The second kappa shape index (κ2) is 12.4. The molecule has 0 aliphatic carbocycles. The highest BCUT2D eigenvalue weighted by molar-refractivity contribution is 7.99. The van der Waals surface area contributed by atoms with E-state index in [2.05, 4.69) is 30.4 Å². The molecule has 3 heteroatoms. The number of thioether (sulfide) groups is 1. The van der Waals surface area contributed by atoms with Crippen LogP contribution in [0.2, 0.25) is 0 Å². The number of unbranched alkanes of at least 4 members (excludes halogenated alkanes) is 5. The van der Waals surface area contributed by atoms with E-state index < -0.39 is 0 Å². The molecule has 27 heavy (non-hydrogen) atoms. The second-order valence-electron chi connectivity index (χ2n) is 6.80. The van der Waals surface area contributed by atoms with Gasteiger partial charge in [-0.15, -0.1) is 11.8 Å². The Kier molecular flexibility index (Phi) is 9.78. The van der Waals surface area contributed by atoms with Crippen LogP contribution in [0, 0.1) is 0 Å². The van der Waals surface area contributed by atoms with Crippen LogP contribution in [0.3, 0.4) is 0 Å². The first-order valence-corrected chi connectivity index (χ1v) is 11.0. The Morgan fingerprint density at radius 3 is 2.37 bits per heavy atom. The Bertz CT molecular complexity index is 724. The smallest absolute Gasteiger partial charge is 0.187 e.